The molecule has 1 N–H and O–H groups in total. The van der Waals surface area contributed by atoms with Crippen molar-refractivity contribution >= 4 is 11.9 Å². The molecule has 2 aromatic rings. The van der Waals surface area contributed by atoms with Crippen molar-refractivity contribution in [3.63, 3.8) is 0 Å². The summed E-state index contributed by atoms with van der Waals surface area (Å²) in [5, 5.41) is 10.1. The Hall–Kier alpha value is -2.95. The summed E-state index contributed by atoms with van der Waals surface area (Å²) >= 11 is 0. The first kappa shape index (κ1) is 16.4. The lowest BCUT2D eigenvalue weighted by Gasteiger charge is -2.08. The van der Waals surface area contributed by atoms with E-state index in [4.69, 9.17) is 14.2 Å². The summed E-state index contributed by atoms with van der Waals surface area (Å²) in [6, 6.07) is 11.7. The fourth-order valence-electron chi connectivity index (χ4n) is 2.08. The second kappa shape index (κ2) is 7.35. The van der Waals surface area contributed by atoms with Crippen LogP contribution in [-0.2, 0) is 0 Å². The first-order valence-corrected chi connectivity index (χ1v) is 6.90. The Morgan fingerprint density at radius 2 is 1.70 bits per heavy atom. The maximum absolute atomic E-state index is 12.3. The lowest BCUT2D eigenvalue weighted by molar-refractivity contribution is 0.0980. The molecule has 0 fully saturated rings. The Labute approximate surface area is 134 Å². The highest BCUT2D eigenvalue weighted by molar-refractivity contribution is 6.09. The molecule has 5 heteroatoms. The smallest absolute Gasteiger partial charge is 0.227 e. The molecule has 23 heavy (non-hydrogen) atoms. The van der Waals surface area contributed by atoms with Crippen LogP contribution in [0.15, 0.2) is 48.2 Å². The van der Waals surface area contributed by atoms with Crippen molar-refractivity contribution in [3.05, 3.63) is 59.4 Å². The first-order chi connectivity index (χ1) is 11.1. The maximum atomic E-state index is 12.3. The topological polar surface area (TPSA) is 65.0 Å². The minimum atomic E-state index is -0.487. The van der Waals surface area contributed by atoms with E-state index in [1.165, 1.54) is 27.4 Å². The SMILES string of the molecule is COc1cccc(C(=O)C(O)=Cc2ccc(OC)c(OC)c2)c1. The van der Waals surface area contributed by atoms with Crippen LogP contribution in [0, 0.1) is 0 Å². The van der Waals surface area contributed by atoms with E-state index in [0.717, 1.165) is 0 Å². The molecule has 0 bridgehead atoms. The molecule has 0 aliphatic rings. The number of hydrogen-bond donors (Lipinski definition) is 1. The van der Waals surface area contributed by atoms with E-state index >= 15 is 0 Å². The Kier molecular flexibility index (Phi) is 5.25. The monoisotopic (exact) mass is 314 g/mol. The maximum Gasteiger partial charge on any atom is 0.227 e. The number of benzene rings is 2. The largest absolute Gasteiger partial charge is 0.504 e. The molecule has 0 saturated heterocycles. The van der Waals surface area contributed by atoms with Crippen LogP contribution >= 0.6 is 0 Å². The second-order valence-corrected chi connectivity index (χ2v) is 4.71. The molecule has 0 heterocycles. The van der Waals surface area contributed by atoms with E-state index in [-0.39, 0.29) is 5.76 Å². The van der Waals surface area contributed by atoms with Gasteiger partial charge in [0.1, 0.15) is 5.75 Å². The minimum absolute atomic E-state index is 0.346. The van der Waals surface area contributed by atoms with Crippen molar-refractivity contribution in [2.75, 3.05) is 21.3 Å². The van der Waals surface area contributed by atoms with Gasteiger partial charge in [-0.2, -0.15) is 0 Å². The average Bonchev–Trinajstić information content (AvgIpc) is 2.60. The highest BCUT2D eigenvalue weighted by Gasteiger charge is 2.12. The van der Waals surface area contributed by atoms with E-state index in [2.05, 4.69) is 0 Å². The van der Waals surface area contributed by atoms with Gasteiger partial charge < -0.3 is 19.3 Å². The molecule has 120 valence electrons. The molecular formula is C18H18O5. The molecule has 5 nitrogen and oxygen atoms in total. The second-order valence-electron chi connectivity index (χ2n) is 4.71. The van der Waals surface area contributed by atoms with Crippen LogP contribution in [0.1, 0.15) is 15.9 Å². The first-order valence-electron chi connectivity index (χ1n) is 6.90. The van der Waals surface area contributed by atoms with Crippen LogP contribution in [0.2, 0.25) is 0 Å². The third-order valence-electron chi connectivity index (χ3n) is 3.28. The van der Waals surface area contributed by atoms with E-state index < -0.39 is 5.78 Å². The number of Topliss-reactive ketones (excluding diaryl/α,β-unsaturated/α-hetero) is 1. The van der Waals surface area contributed by atoms with Gasteiger partial charge in [-0.05, 0) is 35.9 Å². The van der Waals surface area contributed by atoms with Crippen molar-refractivity contribution in [2.24, 2.45) is 0 Å². The predicted molar refractivity (Wildman–Crippen MR) is 87.5 cm³/mol. The Morgan fingerprint density at radius 3 is 2.35 bits per heavy atom. The summed E-state index contributed by atoms with van der Waals surface area (Å²) in [6.45, 7) is 0. The summed E-state index contributed by atoms with van der Waals surface area (Å²) in [4.78, 5) is 12.3. The number of aliphatic hydroxyl groups is 1. The van der Waals surface area contributed by atoms with Crippen LogP contribution < -0.4 is 14.2 Å². The molecule has 0 aliphatic heterocycles. The van der Waals surface area contributed by atoms with Gasteiger partial charge in [-0.25, -0.2) is 0 Å². The number of carbonyl (C=O) groups excluding carboxylic acids is 1. The molecule has 2 rings (SSSR count). The zero-order chi connectivity index (χ0) is 16.8. The van der Waals surface area contributed by atoms with Crippen molar-refractivity contribution in [1.29, 1.82) is 0 Å². The molecule has 0 atom stereocenters. The minimum Gasteiger partial charge on any atom is -0.504 e. The summed E-state index contributed by atoms with van der Waals surface area (Å²) in [5.41, 5.74) is 0.968. The number of allylic oxidation sites excluding steroid dienone is 1. The van der Waals surface area contributed by atoms with Crippen LogP contribution in [0.4, 0.5) is 0 Å². The van der Waals surface area contributed by atoms with Crippen LogP contribution in [-0.4, -0.2) is 32.2 Å². The zero-order valence-corrected chi connectivity index (χ0v) is 13.2. The Morgan fingerprint density at radius 1 is 0.957 bits per heavy atom. The third kappa shape index (κ3) is 3.83. The number of ketones is 1. The number of hydrogen-bond acceptors (Lipinski definition) is 5. The molecule has 0 aliphatic carbocycles. The fourth-order valence-corrected chi connectivity index (χ4v) is 2.08. The van der Waals surface area contributed by atoms with E-state index in [1.54, 1.807) is 42.5 Å². The van der Waals surface area contributed by atoms with Gasteiger partial charge in [-0.1, -0.05) is 18.2 Å². The highest BCUT2D eigenvalue weighted by Crippen LogP contribution is 2.28. The fraction of sp³-hybridized carbons (Fsp3) is 0.167. The van der Waals surface area contributed by atoms with Crippen LogP contribution in [0.3, 0.4) is 0 Å². The summed E-state index contributed by atoms with van der Waals surface area (Å²) < 4.78 is 15.4. The molecule has 0 saturated carbocycles. The van der Waals surface area contributed by atoms with Gasteiger partial charge in [0.25, 0.3) is 0 Å². The van der Waals surface area contributed by atoms with E-state index in [0.29, 0.717) is 28.4 Å². The van der Waals surface area contributed by atoms with Gasteiger partial charge in [0.2, 0.25) is 5.78 Å². The van der Waals surface area contributed by atoms with E-state index in [9.17, 15) is 9.90 Å². The molecule has 0 unspecified atom stereocenters. The van der Waals surface area contributed by atoms with Gasteiger partial charge in [0, 0.05) is 5.56 Å². The predicted octanol–water partition coefficient (Wildman–Crippen LogP) is 3.49. The van der Waals surface area contributed by atoms with Crippen molar-refractivity contribution in [2.45, 2.75) is 0 Å². The quantitative estimate of drug-likeness (QED) is 0.502. The zero-order valence-electron chi connectivity index (χ0n) is 13.2. The number of rotatable bonds is 6. The molecule has 0 radical (unpaired) electrons. The summed E-state index contributed by atoms with van der Waals surface area (Å²) in [5.74, 6) is 0.782. The highest BCUT2D eigenvalue weighted by atomic mass is 16.5. The number of carbonyl (C=O) groups is 1. The van der Waals surface area contributed by atoms with Gasteiger partial charge in [0.15, 0.2) is 17.3 Å². The van der Waals surface area contributed by atoms with Crippen molar-refractivity contribution in [3.8, 4) is 17.2 Å². The Balaban J connectivity index is 2.29. The molecular weight excluding hydrogens is 296 g/mol. The van der Waals surface area contributed by atoms with E-state index in [1.807, 2.05) is 0 Å². The van der Waals surface area contributed by atoms with Gasteiger partial charge in [-0.3, -0.25) is 4.79 Å². The van der Waals surface area contributed by atoms with Gasteiger partial charge in [0.05, 0.1) is 21.3 Å². The van der Waals surface area contributed by atoms with Gasteiger partial charge in [-0.15, -0.1) is 0 Å². The third-order valence-corrected chi connectivity index (χ3v) is 3.28. The van der Waals surface area contributed by atoms with Crippen molar-refractivity contribution in [1.82, 2.24) is 0 Å². The Bertz CT molecular complexity index is 734. The normalized spacial score (nSPS) is 11.0. The van der Waals surface area contributed by atoms with Crippen molar-refractivity contribution < 1.29 is 24.1 Å². The van der Waals surface area contributed by atoms with Crippen LogP contribution in [0.25, 0.3) is 6.08 Å². The standard InChI is InChI=1S/C18H18O5/c1-21-14-6-4-5-13(11-14)18(20)15(19)9-12-7-8-16(22-2)17(10-12)23-3/h4-11,19H,1-3H3. The lowest BCUT2D eigenvalue weighted by Crippen LogP contribution is -2.03. The van der Waals surface area contributed by atoms with Crippen LogP contribution in [0.5, 0.6) is 17.2 Å². The summed E-state index contributed by atoms with van der Waals surface area (Å²) in [7, 11) is 4.58. The summed E-state index contributed by atoms with van der Waals surface area (Å²) in [6.07, 6.45) is 1.38. The van der Waals surface area contributed by atoms with Gasteiger partial charge >= 0.3 is 0 Å². The lowest BCUT2D eigenvalue weighted by atomic mass is 10.1. The molecule has 2 aromatic carbocycles. The number of ether oxygens (including phenoxy) is 3. The molecule has 0 spiro atoms. The molecule has 0 aromatic heterocycles. The average molecular weight is 314 g/mol. The number of aliphatic hydroxyl groups excluding tert-OH is 1. The number of methoxy groups -OCH3 is 3. The molecule has 0 amide bonds.